The van der Waals surface area contributed by atoms with Gasteiger partial charge in [0.25, 0.3) is 0 Å². The summed E-state index contributed by atoms with van der Waals surface area (Å²) in [7, 11) is 0. The van der Waals surface area contributed by atoms with Gasteiger partial charge in [-0.05, 0) is 24.3 Å². The molecule has 3 nitrogen and oxygen atoms in total. The third-order valence-electron chi connectivity index (χ3n) is 2.68. The molecule has 2 aromatic carbocycles. The van der Waals surface area contributed by atoms with E-state index < -0.39 is 52.9 Å². The first kappa shape index (κ1) is 15.7. The Morgan fingerprint density at radius 1 is 0.864 bits per heavy atom. The van der Waals surface area contributed by atoms with E-state index in [1.54, 1.807) is 0 Å². The number of anilines is 2. The lowest BCUT2D eigenvalue weighted by Gasteiger charge is -2.09. The standard InChI is InChI=1S/C14H9F5N2O/c15-7-1-2-8(16)11(5-7)21-12(22)6-20-10-4-3-9(17)13(18)14(10)19/h1-5,20H,6H2,(H,21,22). The molecule has 116 valence electrons. The highest BCUT2D eigenvalue weighted by Crippen LogP contribution is 2.19. The van der Waals surface area contributed by atoms with Gasteiger partial charge in [0.2, 0.25) is 5.91 Å². The van der Waals surface area contributed by atoms with E-state index in [4.69, 9.17) is 0 Å². The monoisotopic (exact) mass is 316 g/mol. The molecular formula is C14H9F5N2O. The van der Waals surface area contributed by atoms with Crippen LogP contribution in [-0.4, -0.2) is 12.5 Å². The normalized spacial score (nSPS) is 10.4. The number of benzene rings is 2. The summed E-state index contributed by atoms with van der Waals surface area (Å²) in [5.74, 6) is -6.96. The number of halogens is 5. The maximum atomic E-state index is 13.3. The van der Waals surface area contributed by atoms with E-state index in [2.05, 4.69) is 10.6 Å². The number of carbonyl (C=O) groups excluding carboxylic acids is 1. The lowest BCUT2D eigenvalue weighted by Crippen LogP contribution is -2.23. The van der Waals surface area contributed by atoms with Crippen molar-refractivity contribution in [3.63, 3.8) is 0 Å². The van der Waals surface area contributed by atoms with Gasteiger partial charge in [0.1, 0.15) is 11.6 Å². The third kappa shape index (κ3) is 3.51. The van der Waals surface area contributed by atoms with Crippen LogP contribution >= 0.6 is 0 Å². The molecule has 0 unspecified atom stereocenters. The minimum absolute atomic E-state index is 0.391. The van der Waals surface area contributed by atoms with Gasteiger partial charge in [-0.2, -0.15) is 0 Å². The zero-order valence-corrected chi connectivity index (χ0v) is 10.9. The van der Waals surface area contributed by atoms with Gasteiger partial charge in [0, 0.05) is 6.07 Å². The fourth-order valence-electron chi connectivity index (χ4n) is 1.63. The van der Waals surface area contributed by atoms with Crippen LogP contribution in [-0.2, 0) is 4.79 Å². The molecule has 8 heteroatoms. The van der Waals surface area contributed by atoms with Crippen LogP contribution in [0.5, 0.6) is 0 Å². The van der Waals surface area contributed by atoms with Crippen molar-refractivity contribution in [2.45, 2.75) is 0 Å². The van der Waals surface area contributed by atoms with Crippen molar-refractivity contribution in [2.24, 2.45) is 0 Å². The number of carbonyl (C=O) groups is 1. The molecule has 0 aliphatic heterocycles. The van der Waals surface area contributed by atoms with Gasteiger partial charge in [0.15, 0.2) is 17.5 Å². The lowest BCUT2D eigenvalue weighted by atomic mass is 10.2. The molecular weight excluding hydrogens is 307 g/mol. The summed E-state index contributed by atoms with van der Waals surface area (Å²) in [6.07, 6.45) is 0. The van der Waals surface area contributed by atoms with Gasteiger partial charge in [0.05, 0.1) is 17.9 Å². The van der Waals surface area contributed by atoms with E-state index in [0.29, 0.717) is 6.07 Å². The van der Waals surface area contributed by atoms with E-state index in [1.807, 2.05) is 0 Å². The molecule has 0 radical (unpaired) electrons. The fraction of sp³-hybridized carbons (Fsp3) is 0.0714. The Bertz CT molecular complexity index is 721. The second kappa shape index (κ2) is 6.42. The zero-order chi connectivity index (χ0) is 16.3. The largest absolute Gasteiger partial charge is 0.374 e. The summed E-state index contributed by atoms with van der Waals surface area (Å²) in [6, 6.07) is 4.06. The Morgan fingerprint density at radius 2 is 1.55 bits per heavy atom. The van der Waals surface area contributed by atoms with Crippen molar-refractivity contribution in [3.05, 3.63) is 59.4 Å². The maximum absolute atomic E-state index is 13.3. The topological polar surface area (TPSA) is 41.1 Å². The molecule has 2 rings (SSSR count). The molecule has 2 aromatic rings. The molecule has 22 heavy (non-hydrogen) atoms. The Hall–Kier alpha value is -2.64. The Kier molecular flexibility index (Phi) is 4.59. The first-order chi connectivity index (χ1) is 10.4. The SMILES string of the molecule is O=C(CNc1ccc(F)c(F)c1F)Nc1cc(F)ccc1F. The quantitative estimate of drug-likeness (QED) is 0.670. The average molecular weight is 316 g/mol. The molecule has 0 aromatic heterocycles. The molecule has 1 amide bonds. The van der Waals surface area contributed by atoms with Crippen LogP contribution in [0.15, 0.2) is 30.3 Å². The summed E-state index contributed by atoms with van der Waals surface area (Å²) in [4.78, 5) is 11.6. The third-order valence-corrected chi connectivity index (χ3v) is 2.68. The highest BCUT2D eigenvalue weighted by atomic mass is 19.2. The average Bonchev–Trinajstić information content (AvgIpc) is 2.48. The van der Waals surface area contributed by atoms with Gasteiger partial charge in [-0.3, -0.25) is 4.79 Å². The summed E-state index contributed by atoms with van der Waals surface area (Å²) in [6.45, 7) is -0.558. The van der Waals surface area contributed by atoms with Gasteiger partial charge in [-0.1, -0.05) is 0 Å². The minimum atomic E-state index is -1.68. The molecule has 0 aliphatic rings. The van der Waals surface area contributed by atoms with E-state index in [9.17, 15) is 26.7 Å². The van der Waals surface area contributed by atoms with E-state index in [0.717, 1.165) is 24.3 Å². The lowest BCUT2D eigenvalue weighted by molar-refractivity contribution is -0.114. The highest BCUT2D eigenvalue weighted by molar-refractivity contribution is 5.93. The van der Waals surface area contributed by atoms with Crippen LogP contribution in [0, 0.1) is 29.1 Å². The van der Waals surface area contributed by atoms with Crippen molar-refractivity contribution in [1.29, 1.82) is 0 Å². The van der Waals surface area contributed by atoms with Gasteiger partial charge in [-0.15, -0.1) is 0 Å². The number of hydrogen-bond acceptors (Lipinski definition) is 2. The summed E-state index contributed by atoms with van der Waals surface area (Å²) in [5.41, 5.74) is -0.827. The van der Waals surface area contributed by atoms with E-state index in [-0.39, 0.29) is 0 Å². The maximum Gasteiger partial charge on any atom is 0.243 e. The molecule has 0 heterocycles. The van der Waals surface area contributed by atoms with Crippen molar-refractivity contribution in [2.75, 3.05) is 17.2 Å². The minimum Gasteiger partial charge on any atom is -0.374 e. The molecule has 0 bridgehead atoms. The number of hydrogen-bond donors (Lipinski definition) is 2. The highest BCUT2D eigenvalue weighted by Gasteiger charge is 2.14. The molecule has 0 saturated carbocycles. The second-order valence-electron chi connectivity index (χ2n) is 4.25. The van der Waals surface area contributed by atoms with Crippen LogP contribution in [0.4, 0.5) is 33.3 Å². The summed E-state index contributed by atoms with van der Waals surface area (Å²) < 4.78 is 65.3. The van der Waals surface area contributed by atoms with Crippen molar-refractivity contribution >= 4 is 17.3 Å². The van der Waals surface area contributed by atoms with Gasteiger partial charge < -0.3 is 10.6 Å². The van der Waals surface area contributed by atoms with Crippen LogP contribution < -0.4 is 10.6 Å². The molecule has 0 saturated heterocycles. The first-order valence-corrected chi connectivity index (χ1v) is 6.00. The van der Waals surface area contributed by atoms with Crippen LogP contribution in [0.1, 0.15) is 0 Å². The van der Waals surface area contributed by atoms with E-state index in [1.165, 1.54) is 0 Å². The van der Waals surface area contributed by atoms with Crippen molar-refractivity contribution in [3.8, 4) is 0 Å². The number of rotatable bonds is 4. The molecule has 0 spiro atoms. The molecule has 0 fully saturated rings. The van der Waals surface area contributed by atoms with Crippen LogP contribution in [0.2, 0.25) is 0 Å². The summed E-state index contributed by atoms with van der Waals surface area (Å²) in [5, 5.41) is 4.29. The second-order valence-corrected chi connectivity index (χ2v) is 4.25. The smallest absolute Gasteiger partial charge is 0.243 e. The molecule has 0 aliphatic carbocycles. The van der Waals surface area contributed by atoms with E-state index >= 15 is 0 Å². The Morgan fingerprint density at radius 3 is 2.27 bits per heavy atom. The fourth-order valence-corrected chi connectivity index (χ4v) is 1.63. The first-order valence-electron chi connectivity index (χ1n) is 6.00. The summed E-state index contributed by atoms with van der Waals surface area (Å²) >= 11 is 0. The predicted octanol–water partition coefficient (Wildman–Crippen LogP) is 3.43. The van der Waals surface area contributed by atoms with Crippen molar-refractivity contribution < 1.29 is 26.7 Å². The molecule has 2 N–H and O–H groups in total. The Labute approximate surface area is 121 Å². The van der Waals surface area contributed by atoms with Crippen LogP contribution in [0.3, 0.4) is 0 Å². The predicted molar refractivity (Wildman–Crippen MR) is 69.8 cm³/mol. The number of nitrogens with one attached hydrogen (secondary N) is 2. The number of amides is 1. The molecule has 0 atom stereocenters. The van der Waals surface area contributed by atoms with Gasteiger partial charge >= 0.3 is 0 Å². The Balaban J connectivity index is 2.02. The van der Waals surface area contributed by atoms with Gasteiger partial charge in [-0.25, -0.2) is 22.0 Å². The zero-order valence-electron chi connectivity index (χ0n) is 10.9. The van der Waals surface area contributed by atoms with Crippen LogP contribution in [0.25, 0.3) is 0 Å². The van der Waals surface area contributed by atoms with Crippen molar-refractivity contribution in [1.82, 2.24) is 0 Å².